The van der Waals surface area contributed by atoms with Gasteiger partial charge in [0.1, 0.15) is 10.6 Å². The Bertz CT molecular complexity index is 1270. The molecule has 8 heteroatoms. The van der Waals surface area contributed by atoms with Gasteiger partial charge in [0.2, 0.25) is 15.9 Å². The summed E-state index contributed by atoms with van der Waals surface area (Å²) in [6.45, 7) is 5.27. The van der Waals surface area contributed by atoms with Crippen molar-refractivity contribution in [3.8, 4) is 5.75 Å². The van der Waals surface area contributed by atoms with Crippen LogP contribution in [0, 0.1) is 0 Å². The van der Waals surface area contributed by atoms with Gasteiger partial charge in [-0.05, 0) is 67.3 Å². The molecule has 0 aliphatic carbocycles. The van der Waals surface area contributed by atoms with E-state index in [4.69, 9.17) is 4.74 Å². The third-order valence-corrected chi connectivity index (χ3v) is 7.97. The Morgan fingerprint density at radius 1 is 1.03 bits per heavy atom. The Hall–Kier alpha value is -2.94. The normalized spacial score (nSPS) is 15.4. The SMILES string of the molecule is CCOc1ccc(NC(=O)CN[C@@H](C)c2ccc3ccccc3c2)cc1S(=O)(=O)N1CCCC1. The summed E-state index contributed by atoms with van der Waals surface area (Å²) < 4.78 is 33.4. The van der Waals surface area contributed by atoms with Crippen LogP contribution in [0.15, 0.2) is 65.6 Å². The summed E-state index contributed by atoms with van der Waals surface area (Å²) in [6, 6.07) is 19.1. The summed E-state index contributed by atoms with van der Waals surface area (Å²) in [5.41, 5.74) is 1.51. The van der Waals surface area contributed by atoms with E-state index in [-0.39, 0.29) is 23.4 Å². The average Bonchev–Trinajstić information content (AvgIpc) is 3.39. The maximum absolute atomic E-state index is 13.2. The Balaban J connectivity index is 1.43. The first-order chi connectivity index (χ1) is 16.4. The van der Waals surface area contributed by atoms with Gasteiger partial charge < -0.3 is 15.4 Å². The topological polar surface area (TPSA) is 87.7 Å². The highest BCUT2D eigenvalue weighted by atomic mass is 32.2. The highest BCUT2D eigenvalue weighted by Crippen LogP contribution is 2.31. The van der Waals surface area contributed by atoms with Crippen molar-refractivity contribution in [1.29, 1.82) is 0 Å². The number of sulfonamides is 1. The Labute approximate surface area is 201 Å². The Kier molecular flexibility index (Phi) is 7.50. The fourth-order valence-corrected chi connectivity index (χ4v) is 5.85. The van der Waals surface area contributed by atoms with Crippen molar-refractivity contribution < 1.29 is 17.9 Å². The van der Waals surface area contributed by atoms with Crippen molar-refractivity contribution in [3.05, 3.63) is 66.2 Å². The van der Waals surface area contributed by atoms with Gasteiger partial charge in [0.05, 0.1) is 13.2 Å². The van der Waals surface area contributed by atoms with Crippen molar-refractivity contribution in [2.24, 2.45) is 0 Å². The molecule has 2 N–H and O–H groups in total. The van der Waals surface area contributed by atoms with Crippen molar-refractivity contribution in [1.82, 2.24) is 9.62 Å². The third kappa shape index (κ3) is 5.41. The molecule has 0 unspecified atom stereocenters. The lowest BCUT2D eigenvalue weighted by Gasteiger charge is -2.19. The summed E-state index contributed by atoms with van der Waals surface area (Å²) in [5, 5.41) is 8.38. The van der Waals surface area contributed by atoms with E-state index >= 15 is 0 Å². The van der Waals surface area contributed by atoms with Gasteiger partial charge in [-0.1, -0.05) is 36.4 Å². The minimum Gasteiger partial charge on any atom is -0.492 e. The average molecular weight is 482 g/mol. The zero-order valence-electron chi connectivity index (χ0n) is 19.6. The van der Waals surface area contributed by atoms with Crippen molar-refractivity contribution in [3.63, 3.8) is 0 Å². The molecule has 1 heterocycles. The fourth-order valence-electron chi connectivity index (χ4n) is 4.18. The lowest BCUT2D eigenvalue weighted by Crippen LogP contribution is -2.30. The summed E-state index contributed by atoms with van der Waals surface area (Å²) >= 11 is 0. The number of nitrogens with zero attached hydrogens (tertiary/aromatic N) is 1. The molecular formula is C26H31N3O4S. The molecule has 4 rings (SSSR count). The minimum absolute atomic E-state index is 0.0261. The molecule has 3 aromatic carbocycles. The van der Waals surface area contributed by atoms with Gasteiger partial charge in [0.15, 0.2) is 0 Å². The van der Waals surface area contributed by atoms with Gasteiger partial charge in [-0.3, -0.25) is 4.79 Å². The van der Waals surface area contributed by atoms with Crippen LogP contribution in [0.4, 0.5) is 5.69 Å². The maximum Gasteiger partial charge on any atom is 0.246 e. The number of ether oxygens (including phenoxy) is 1. The van der Waals surface area contributed by atoms with Crippen LogP contribution in [0.5, 0.6) is 5.75 Å². The molecule has 1 aliphatic heterocycles. The predicted molar refractivity (Wildman–Crippen MR) is 135 cm³/mol. The molecule has 0 bridgehead atoms. The number of carbonyl (C=O) groups excluding carboxylic acids is 1. The first kappa shape index (κ1) is 24.2. The number of rotatable bonds is 9. The van der Waals surface area contributed by atoms with E-state index in [1.165, 1.54) is 15.8 Å². The van der Waals surface area contributed by atoms with Crippen LogP contribution < -0.4 is 15.4 Å². The van der Waals surface area contributed by atoms with Crippen molar-refractivity contribution in [2.45, 2.75) is 37.6 Å². The second-order valence-corrected chi connectivity index (χ2v) is 10.4. The number of amides is 1. The minimum atomic E-state index is -3.69. The smallest absolute Gasteiger partial charge is 0.246 e. The molecular weight excluding hydrogens is 450 g/mol. The summed E-state index contributed by atoms with van der Waals surface area (Å²) in [7, 11) is -3.69. The molecule has 0 radical (unpaired) electrons. The van der Waals surface area contributed by atoms with E-state index < -0.39 is 10.0 Å². The van der Waals surface area contributed by atoms with E-state index in [2.05, 4.69) is 41.0 Å². The van der Waals surface area contributed by atoms with E-state index in [1.807, 2.05) is 26.0 Å². The van der Waals surface area contributed by atoms with E-state index in [0.717, 1.165) is 23.8 Å². The van der Waals surface area contributed by atoms with Crippen LogP contribution in [-0.4, -0.2) is 44.9 Å². The fraction of sp³-hybridized carbons (Fsp3) is 0.346. The van der Waals surface area contributed by atoms with E-state index in [0.29, 0.717) is 31.1 Å². The van der Waals surface area contributed by atoms with Crippen LogP contribution in [0.2, 0.25) is 0 Å². The quantitative estimate of drug-likeness (QED) is 0.476. The molecule has 1 aliphatic rings. The molecule has 0 spiro atoms. The van der Waals surface area contributed by atoms with Crippen LogP contribution in [0.25, 0.3) is 10.8 Å². The number of hydrogen-bond acceptors (Lipinski definition) is 5. The van der Waals surface area contributed by atoms with Gasteiger partial charge in [-0.25, -0.2) is 8.42 Å². The van der Waals surface area contributed by atoms with Gasteiger partial charge in [-0.15, -0.1) is 0 Å². The largest absolute Gasteiger partial charge is 0.492 e. The van der Waals surface area contributed by atoms with Crippen molar-refractivity contribution >= 4 is 32.4 Å². The van der Waals surface area contributed by atoms with Gasteiger partial charge >= 0.3 is 0 Å². The third-order valence-electron chi connectivity index (χ3n) is 6.05. The molecule has 7 nitrogen and oxygen atoms in total. The number of anilines is 1. The predicted octanol–water partition coefficient (Wildman–Crippen LogP) is 4.31. The van der Waals surface area contributed by atoms with E-state index in [9.17, 15) is 13.2 Å². The summed E-state index contributed by atoms with van der Waals surface area (Å²) in [6.07, 6.45) is 1.70. The highest BCUT2D eigenvalue weighted by Gasteiger charge is 2.30. The number of benzene rings is 3. The second-order valence-electron chi connectivity index (χ2n) is 8.46. The molecule has 1 atom stereocenters. The molecule has 180 valence electrons. The number of hydrogen-bond donors (Lipinski definition) is 2. The zero-order valence-corrected chi connectivity index (χ0v) is 20.4. The van der Waals surface area contributed by atoms with Crippen LogP contribution in [-0.2, 0) is 14.8 Å². The number of nitrogens with one attached hydrogen (secondary N) is 2. The van der Waals surface area contributed by atoms with Crippen LogP contribution in [0.3, 0.4) is 0 Å². The summed E-state index contributed by atoms with van der Waals surface area (Å²) in [4.78, 5) is 12.7. The van der Waals surface area contributed by atoms with Crippen LogP contribution in [0.1, 0.15) is 38.3 Å². The lowest BCUT2D eigenvalue weighted by molar-refractivity contribution is -0.115. The van der Waals surface area contributed by atoms with Gasteiger partial charge in [0.25, 0.3) is 0 Å². The molecule has 1 amide bonds. The first-order valence-electron chi connectivity index (χ1n) is 11.7. The number of carbonyl (C=O) groups is 1. The summed E-state index contributed by atoms with van der Waals surface area (Å²) in [5.74, 6) is 0.0526. The van der Waals surface area contributed by atoms with Crippen LogP contribution >= 0.6 is 0 Å². The Morgan fingerprint density at radius 3 is 2.50 bits per heavy atom. The molecule has 0 aromatic heterocycles. The molecule has 3 aromatic rings. The highest BCUT2D eigenvalue weighted by molar-refractivity contribution is 7.89. The monoisotopic (exact) mass is 481 g/mol. The first-order valence-corrected chi connectivity index (χ1v) is 13.1. The zero-order chi connectivity index (χ0) is 24.1. The molecule has 1 saturated heterocycles. The Morgan fingerprint density at radius 2 is 1.76 bits per heavy atom. The second kappa shape index (κ2) is 10.5. The van der Waals surface area contributed by atoms with E-state index in [1.54, 1.807) is 12.1 Å². The molecule has 34 heavy (non-hydrogen) atoms. The molecule has 0 saturated carbocycles. The molecule has 1 fully saturated rings. The standard InChI is InChI=1S/C26H31N3O4S/c1-3-33-24-13-12-23(17-25(24)34(31,32)29-14-6-7-15-29)28-26(30)18-27-19(2)21-11-10-20-8-4-5-9-22(20)16-21/h4-5,8-13,16-17,19,27H,3,6-7,14-15,18H2,1-2H3,(H,28,30)/t19-/m0/s1. The van der Waals surface area contributed by atoms with Gasteiger partial charge in [-0.2, -0.15) is 4.31 Å². The lowest BCUT2D eigenvalue weighted by atomic mass is 10.0. The van der Waals surface area contributed by atoms with Gasteiger partial charge in [0, 0.05) is 24.8 Å². The number of fused-ring (bicyclic) bond motifs is 1. The maximum atomic E-state index is 13.2. The van der Waals surface area contributed by atoms with Crippen molar-refractivity contribution in [2.75, 3.05) is 31.6 Å².